The van der Waals surface area contributed by atoms with Crippen LogP contribution in [0.25, 0.3) is 0 Å². The highest BCUT2D eigenvalue weighted by atomic mass is 32.2. The van der Waals surface area contributed by atoms with Gasteiger partial charge in [0.1, 0.15) is 5.75 Å². The quantitative estimate of drug-likeness (QED) is 0.181. The van der Waals surface area contributed by atoms with Gasteiger partial charge in [-0.2, -0.15) is 17.0 Å². The van der Waals surface area contributed by atoms with Crippen LogP contribution in [0.3, 0.4) is 0 Å². The summed E-state index contributed by atoms with van der Waals surface area (Å²) in [6.45, 7) is 8.42. The third-order valence-electron chi connectivity index (χ3n) is 7.01. The highest BCUT2D eigenvalue weighted by Gasteiger charge is 2.24. The Morgan fingerprint density at radius 2 is 1.93 bits per heavy atom. The Bertz CT molecular complexity index is 1290. The molecule has 218 valence electrons. The molecule has 1 aromatic heterocycles. The van der Waals surface area contributed by atoms with Crippen LogP contribution in [0.1, 0.15) is 44.0 Å². The predicted molar refractivity (Wildman–Crippen MR) is 171 cm³/mol. The normalized spacial score (nSPS) is 12.2. The number of thiocarbonyl (C=S) groups is 1. The number of anilines is 1. The number of thioether (sulfide) groups is 1. The topological polar surface area (TPSA) is 95.2 Å². The Morgan fingerprint density at radius 3 is 2.56 bits per heavy atom. The van der Waals surface area contributed by atoms with E-state index in [0.717, 1.165) is 47.2 Å². The van der Waals surface area contributed by atoms with E-state index in [4.69, 9.17) is 22.2 Å². The van der Waals surface area contributed by atoms with Crippen molar-refractivity contribution in [1.29, 1.82) is 5.26 Å². The van der Waals surface area contributed by atoms with Crippen molar-refractivity contribution in [3.05, 3.63) is 77.9 Å². The molecule has 0 aliphatic heterocycles. The lowest BCUT2D eigenvalue weighted by Gasteiger charge is -2.33. The number of aromatic nitrogens is 2. The summed E-state index contributed by atoms with van der Waals surface area (Å²) in [5.41, 5.74) is 3.39. The minimum absolute atomic E-state index is 0.0474. The van der Waals surface area contributed by atoms with Gasteiger partial charge in [-0.05, 0) is 65.9 Å². The number of nitrogens with one attached hydrogen (secondary N) is 2. The number of methoxy groups -OCH3 is 1. The maximum atomic E-state index is 13.3. The zero-order chi connectivity index (χ0) is 29.6. The van der Waals surface area contributed by atoms with Crippen molar-refractivity contribution < 1.29 is 9.53 Å². The van der Waals surface area contributed by atoms with E-state index in [2.05, 4.69) is 47.4 Å². The first-order chi connectivity index (χ1) is 19.9. The van der Waals surface area contributed by atoms with Crippen LogP contribution in [0.2, 0.25) is 0 Å². The Hall–Kier alpha value is -3.55. The minimum Gasteiger partial charge on any atom is -0.497 e. The van der Waals surface area contributed by atoms with Crippen LogP contribution in [0.4, 0.5) is 5.69 Å². The van der Waals surface area contributed by atoms with Crippen molar-refractivity contribution in [2.24, 2.45) is 5.92 Å². The number of hydrogen-bond acceptors (Lipinski definition) is 6. The molecule has 0 unspecified atom stereocenters. The monoisotopic (exact) mass is 592 g/mol. The van der Waals surface area contributed by atoms with Gasteiger partial charge in [-0.1, -0.05) is 39.3 Å². The van der Waals surface area contributed by atoms with Crippen LogP contribution in [0.5, 0.6) is 5.75 Å². The molecule has 2 N–H and O–H groups in total. The molecule has 10 heteroatoms. The third-order valence-corrected chi connectivity index (χ3v) is 8.25. The summed E-state index contributed by atoms with van der Waals surface area (Å²) in [5.74, 6) is 2.97. The number of benzene rings is 2. The molecule has 3 rings (SSSR count). The van der Waals surface area contributed by atoms with E-state index >= 15 is 0 Å². The molecular weight excluding hydrogens is 553 g/mol. The first kappa shape index (κ1) is 32.0. The third kappa shape index (κ3) is 10.1. The fraction of sp³-hybridized carbons (Fsp3) is 0.419. The van der Waals surface area contributed by atoms with E-state index in [1.807, 2.05) is 52.7 Å². The molecule has 3 aromatic rings. The molecule has 0 bridgehead atoms. The number of nitriles is 1. The van der Waals surface area contributed by atoms with Crippen LogP contribution >= 0.6 is 24.0 Å². The van der Waals surface area contributed by atoms with Gasteiger partial charge in [0.25, 0.3) is 0 Å². The van der Waals surface area contributed by atoms with Gasteiger partial charge < -0.3 is 24.8 Å². The van der Waals surface area contributed by atoms with E-state index in [-0.39, 0.29) is 24.3 Å². The number of imidazole rings is 1. The molecule has 0 aliphatic carbocycles. The standard InChI is InChI=1S/C31H40N6O2S2/c1-5-23(3)29(21-36(15-16-41-6-2)31(40)34-26-11-13-28(39-4)14-12-26)35-30(38)17-27-19-33-22-37(27)20-25-9-7-24(18-32)8-10-25/h7-14,19,22-23,29H,5-6,15-17,20-21H2,1-4H3,(H,34,40)(H,35,38)/t23-,29+/m0/s1. The second-order valence-electron chi connectivity index (χ2n) is 9.86. The van der Waals surface area contributed by atoms with Gasteiger partial charge in [-0.15, -0.1) is 0 Å². The maximum Gasteiger partial charge on any atom is 0.226 e. The van der Waals surface area contributed by atoms with Crippen molar-refractivity contribution in [2.75, 3.05) is 37.0 Å². The first-order valence-corrected chi connectivity index (χ1v) is 15.5. The molecule has 0 aliphatic rings. The summed E-state index contributed by atoms with van der Waals surface area (Å²) in [7, 11) is 1.65. The van der Waals surface area contributed by atoms with Gasteiger partial charge in [-0.3, -0.25) is 4.79 Å². The average Bonchev–Trinajstić information content (AvgIpc) is 3.42. The maximum absolute atomic E-state index is 13.3. The number of nitrogens with zero attached hydrogens (tertiary/aromatic N) is 4. The van der Waals surface area contributed by atoms with Gasteiger partial charge in [-0.25, -0.2) is 4.98 Å². The molecule has 0 fully saturated rings. The lowest BCUT2D eigenvalue weighted by atomic mass is 9.98. The van der Waals surface area contributed by atoms with Crippen molar-refractivity contribution >= 4 is 40.7 Å². The van der Waals surface area contributed by atoms with E-state index in [9.17, 15) is 4.79 Å². The lowest BCUT2D eigenvalue weighted by molar-refractivity contribution is -0.121. The summed E-state index contributed by atoms with van der Waals surface area (Å²) in [5, 5.41) is 16.3. The van der Waals surface area contributed by atoms with Crippen LogP contribution in [0.15, 0.2) is 61.1 Å². The van der Waals surface area contributed by atoms with Crippen LogP contribution in [-0.4, -0.2) is 63.2 Å². The molecule has 0 radical (unpaired) electrons. The van der Waals surface area contributed by atoms with Crippen molar-refractivity contribution in [1.82, 2.24) is 19.8 Å². The number of carbonyl (C=O) groups is 1. The molecule has 0 spiro atoms. The predicted octanol–water partition coefficient (Wildman–Crippen LogP) is 5.34. The molecule has 0 saturated heterocycles. The van der Waals surface area contributed by atoms with Crippen LogP contribution in [-0.2, 0) is 17.8 Å². The van der Waals surface area contributed by atoms with Gasteiger partial charge in [0.05, 0.1) is 31.5 Å². The smallest absolute Gasteiger partial charge is 0.226 e. The average molecular weight is 593 g/mol. The highest BCUT2D eigenvalue weighted by molar-refractivity contribution is 7.99. The Kier molecular flexibility index (Phi) is 13.0. The molecular formula is C31H40N6O2S2. The Morgan fingerprint density at radius 1 is 1.20 bits per heavy atom. The van der Waals surface area contributed by atoms with E-state index in [1.54, 1.807) is 31.8 Å². The molecule has 41 heavy (non-hydrogen) atoms. The van der Waals surface area contributed by atoms with Crippen molar-refractivity contribution in [3.8, 4) is 11.8 Å². The zero-order valence-corrected chi connectivity index (χ0v) is 25.9. The van der Waals surface area contributed by atoms with E-state index in [1.165, 1.54) is 0 Å². The first-order valence-electron chi connectivity index (χ1n) is 13.9. The summed E-state index contributed by atoms with van der Waals surface area (Å²) >= 11 is 7.71. The molecule has 0 saturated carbocycles. The fourth-order valence-electron chi connectivity index (χ4n) is 4.30. The van der Waals surface area contributed by atoms with Crippen LogP contribution < -0.4 is 15.4 Å². The summed E-state index contributed by atoms with van der Waals surface area (Å²) in [4.78, 5) is 19.8. The van der Waals surface area contributed by atoms with Crippen molar-refractivity contribution in [3.63, 3.8) is 0 Å². The summed E-state index contributed by atoms with van der Waals surface area (Å²) in [6.07, 6.45) is 4.63. The number of amides is 1. The van der Waals surface area contributed by atoms with Gasteiger partial charge in [0.15, 0.2) is 5.11 Å². The molecule has 2 aromatic carbocycles. The summed E-state index contributed by atoms with van der Waals surface area (Å²) < 4.78 is 7.24. The molecule has 1 heterocycles. The number of carbonyl (C=O) groups excluding carboxylic acids is 1. The van der Waals surface area contributed by atoms with E-state index in [0.29, 0.717) is 23.8 Å². The van der Waals surface area contributed by atoms with Gasteiger partial charge >= 0.3 is 0 Å². The largest absolute Gasteiger partial charge is 0.497 e. The molecule has 8 nitrogen and oxygen atoms in total. The van der Waals surface area contributed by atoms with Crippen LogP contribution in [0, 0.1) is 17.2 Å². The number of hydrogen-bond donors (Lipinski definition) is 2. The second kappa shape index (κ2) is 16.7. The molecule has 1 amide bonds. The Balaban J connectivity index is 1.68. The second-order valence-corrected chi connectivity index (χ2v) is 11.6. The van der Waals surface area contributed by atoms with Gasteiger partial charge in [0.2, 0.25) is 5.91 Å². The highest BCUT2D eigenvalue weighted by Crippen LogP contribution is 2.17. The number of ether oxygens (including phenoxy) is 1. The van der Waals surface area contributed by atoms with Gasteiger partial charge in [0, 0.05) is 49.0 Å². The lowest BCUT2D eigenvalue weighted by Crippen LogP contribution is -2.50. The molecule has 2 atom stereocenters. The van der Waals surface area contributed by atoms with Crippen molar-refractivity contribution in [2.45, 2.75) is 46.2 Å². The minimum atomic E-state index is -0.0790. The van der Waals surface area contributed by atoms with E-state index < -0.39 is 0 Å². The zero-order valence-electron chi connectivity index (χ0n) is 24.3. The summed E-state index contributed by atoms with van der Waals surface area (Å²) in [6, 6.07) is 17.2. The SMILES string of the molecule is CCSCCN(C[C@@H](NC(=O)Cc1cncn1Cc1ccc(C#N)cc1)[C@@H](C)CC)C(=S)Nc1ccc(OC)cc1. The fourth-order valence-corrected chi connectivity index (χ4v) is 5.22. The number of rotatable bonds is 15. The Labute approximate surface area is 253 Å².